The van der Waals surface area contributed by atoms with Crippen LogP contribution in [0.5, 0.6) is 11.5 Å². The maximum absolute atomic E-state index is 13.6. The maximum Gasteiger partial charge on any atom is 0.251 e. The Morgan fingerprint density at radius 3 is 1.19 bits per heavy atom. The van der Waals surface area contributed by atoms with Gasteiger partial charge in [-0.25, -0.2) is 0 Å². The first-order valence-corrected chi connectivity index (χ1v) is 14.2. The van der Waals surface area contributed by atoms with Crippen molar-refractivity contribution in [3.63, 3.8) is 0 Å². The summed E-state index contributed by atoms with van der Waals surface area (Å²) < 4.78 is 11.2. The van der Waals surface area contributed by atoms with Crippen molar-refractivity contribution in [2.45, 2.75) is 40.8 Å². The third kappa shape index (κ3) is 8.33. The van der Waals surface area contributed by atoms with Gasteiger partial charge >= 0.3 is 0 Å². The monoisotopic (exact) mass is 562 g/mol. The van der Waals surface area contributed by atoms with Crippen molar-refractivity contribution in [3.8, 4) is 11.5 Å². The Hall–Kier alpha value is -4.84. The second kappa shape index (κ2) is 14.7. The number of carbonyl (C=O) groups excluding carboxylic acids is 2. The number of nitrogens with zero attached hydrogens (tertiary/aromatic N) is 2. The number of rotatable bonds is 12. The van der Waals surface area contributed by atoms with Crippen molar-refractivity contribution in [2.75, 3.05) is 23.0 Å². The molecule has 4 aromatic carbocycles. The van der Waals surface area contributed by atoms with Crippen LogP contribution in [0.25, 0.3) is 0 Å². The Kier molecular flexibility index (Phi) is 10.5. The highest BCUT2D eigenvalue weighted by molar-refractivity contribution is 6.08. The molecule has 0 aliphatic rings. The SMILES string of the molecule is CCOc1ccc(N(Cc2ccc(C)cc2)C(=O)/C=C/C(=O)N(Cc2ccc(C)cc2)c2ccc(OCC)cc2)cc1. The molecule has 0 atom stereocenters. The Morgan fingerprint density at radius 1 is 0.548 bits per heavy atom. The number of hydrogen-bond acceptors (Lipinski definition) is 4. The van der Waals surface area contributed by atoms with Gasteiger partial charge in [-0.1, -0.05) is 59.7 Å². The Labute approximate surface area is 248 Å². The molecule has 0 radical (unpaired) electrons. The molecule has 0 saturated carbocycles. The molecule has 0 N–H and O–H groups in total. The predicted octanol–water partition coefficient (Wildman–Crippen LogP) is 7.42. The van der Waals surface area contributed by atoms with E-state index in [0.29, 0.717) is 37.7 Å². The zero-order valence-corrected chi connectivity index (χ0v) is 24.7. The van der Waals surface area contributed by atoms with Crippen LogP contribution in [0.4, 0.5) is 11.4 Å². The lowest BCUT2D eigenvalue weighted by Gasteiger charge is -2.23. The first-order valence-electron chi connectivity index (χ1n) is 14.2. The number of benzene rings is 4. The van der Waals surface area contributed by atoms with E-state index in [9.17, 15) is 9.59 Å². The molecule has 0 heterocycles. The molecule has 6 nitrogen and oxygen atoms in total. The summed E-state index contributed by atoms with van der Waals surface area (Å²) in [5.74, 6) is 0.874. The van der Waals surface area contributed by atoms with Gasteiger partial charge in [0.05, 0.1) is 26.3 Å². The third-order valence-electron chi connectivity index (χ3n) is 6.74. The highest BCUT2D eigenvalue weighted by Crippen LogP contribution is 2.24. The maximum atomic E-state index is 13.6. The first kappa shape index (κ1) is 30.1. The minimum Gasteiger partial charge on any atom is -0.494 e. The molecule has 6 heteroatoms. The van der Waals surface area contributed by atoms with E-state index in [2.05, 4.69) is 0 Å². The number of ether oxygens (including phenoxy) is 2. The van der Waals surface area contributed by atoms with Crippen molar-refractivity contribution in [1.29, 1.82) is 0 Å². The van der Waals surface area contributed by atoms with E-state index in [1.165, 1.54) is 12.2 Å². The molecule has 42 heavy (non-hydrogen) atoms. The zero-order chi connectivity index (χ0) is 29.9. The lowest BCUT2D eigenvalue weighted by molar-refractivity contribution is -0.116. The Bertz CT molecular complexity index is 1360. The Morgan fingerprint density at radius 2 is 0.881 bits per heavy atom. The van der Waals surface area contributed by atoms with Gasteiger partial charge in [-0.05, 0) is 87.4 Å². The van der Waals surface area contributed by atoms with Gasteiger partial charge in [0.25, 0.3) is 11.8 Å². The summed E-state index contributed by atoms with van der Waals surface area (Å²) in [7, 11) is 0. The smallest absolute Gasteiger partial charge is 0.251 e. The van der Waals surface area contributed by atoms with Crippen LogP contribution in [0.15, 0.2) is 109 Å². The molecule has 0 unspecified atom stereocenters. The normalized spacial score (nSPS) is 10.9. The highest BCUT2D eigenvalue weighted by atomic mass is 16.5. The summed E-state index contributed by atoms with van der Waals surface area (Å²) in [6.45, 7) is 9.75. The number of aryl methyl sites for hydroxylation is 2. The molecule has 2 amide bonds. The van der Waals surface area contributed by atoms with Gasteiger partial charge < -0.3 is 19.3 Å². The highest BCUT2D eigenvalue weighted by Gasteiger charge is 2.18. The first-order chi connectivity index (χ1) is 20.4. The minimum atomic E-state index is -0.296. The van der Waals surface area contributed by atoms with E-state index in [4.69, 9.17) is 9.47 Å². The minimum absolute atomic E-state index is 0.296. The van der Waals surface area contributed by atoms with Crippen molar-refractivity contribution >= 4 is 23.2 Å². The Balaban J connectivity index is 1.60. The van der Waals surface area contributed by atoms with Gasteiger partial charge in [0, 0.05) is 23.5 Å². The van der Waals surface area contributed by atoms with Crippen LogP contribution in [-0.2, 0) is 22.7 Å². The third-order valence-corrected chi connectivity index (χ3v) is 6.74. The summed E-state index contributed by atoms with van der Waals surface area (Å²) >= 11 is 0. The van der Waals surface area contributed by atoms with Crippen LogP contribution >= 0.6 is 0 Å². The van der Waals surface area contributed by atoms with Crippen molar-refractivity contribution in [2.24, 2.45) is 0 Å². The van der Waals surface area contributed by atoms with Crippen LogP contribution in [-0.4, -0.2) is 25.0 Å². The van der Waals surface area contributed by atoms with Gasteiger partial charge in [-0.15, -0.1) is 0 Å². The fraction of sp³-hybridized carbons (Fsp3) is 0.222. The molecule has 0 saturated heterocycles. The molecule has 0 aliphatic carbocycles. The summed E-state index contributed by atoms with van der Waals surface area (Å²) in [6, 6.07) is 30.9. The van der Waals surface area contributed by atoms with Crippen LogP contribution in [0.1, 0.15) is 36.1 Å². The molecule has 216 valence electrons. The standard InChI is InChI=1S/C36H38N2O4/c1-5-41-33-19-15-31(16-20-33)37(25-29-11-7-27(3)8-12-29)35(39)23-24-36(40)38(26-30-13-9-28(4)10-14-30)32-17-21-34(22-18-32)42-6-2/h7-24H,5-6,25-26H2,1-4H3/b24-23+. The topological polar surface area (TPSA) is 59.1 Å². The molecule has 0 bridgehead atoms. The van der Waals surface area contributed by atoms with Gasteiger partial charge in [-0.2, -0.15) is 0 Å². The van der Waals surface area contributed by atoms with E-state index in [1.54, 1.807) is 9.80 Å². The predicted molar refractivity (Wildman–Crippen MR) is 169 cm³/mol. The van der Waals surface area contributed by atoms with Crippen molar-refractivity contribution < 1.29 is 19.1 Å². The average Bonchev–Trinajstić information content (AvgIpc) is 3.00. The average molecular weight is 563 g/mol. The second-order valence-electron chi connectivity index (χ2n) is 10.0. The summed E-state index contributed by atoms with van der Waals surface area (Å²) in [4.78, 5) is 30.6. The molecule has 0 aliphatic heterocycles. The fourth-order valence-corrected chi connectivity index (χ4v) is 4.45. The molecular formula is C36H38N2O4. The zero-order valence-electron chi connectivity index (χ0n) is 24.7. The van der Waals surface area contributed by atoms with Crippen LogP contribution in [0, 0.1) is 13.8 Å². The van der Waals surface area contributed by atoms with Crippen LogP contribution < -0.4 is 19.3 Å². The van der Waals surface area contributed by atoms with Crippen molar-refractivity contribution in [1.82, 2.24) is 0 Å². The van der Waals surface area contributed by atoms with Crippen molar-refractivity contribution in [3.05, 3.63) is 131 Å². The summed E-state index contributed by atoms with van der Waals surface area (Å²) in [5, 5.41) is 0. The molecule has 4 aromatic rings. The molecular weight excluding hydrogens is 524 g/mol. The van der Waals surface area contributed by atoms with Crippen LogP contribution in [0.2, 0.25) is 0 Å². The van der Waals surface area contributed by atoms with E-state index in [0.717, 1.165) is 33.8 Å². The van der Waals surface area contributed by atoms with E-state index in [1.807, 2.05) is 125 Å². The largest absolute Gasteiger partial charge is 0.494 e. The fourth-order valence-electron chi connectivity index (χ4n) is 4.45. The second-order valence-corrected chi connectivity index (χ2v) is 10.0. The van der Waals surface area contributed by atoms with Crippen LogP contribution in [0.3, 0.4) is 0 Å². The lowest BCUT2D eigenvalue weighted by atomic mass is 10.1. The van der Waals surface area contributed by atoms with E-state index in [-0.39, 0.29) is 11.8 Å². The van der Waals surface area contributed by atoms with E-state index >= 15 is 0 Å². The molecule has 0 aromatic heterocycles. The number of carbonyl (C=O) groups is 2. The number of hydrogen-bond donors (Lipinski definition) is 0. The summed E-state index contributed by atoms with van der Waals surface area (Å²) in [6.07, 6.45) is 2.70. The molecule has 4 rings (SSSR count). The van der Waals surface area contributed by atoms with Gasteiger partial charge in [-0.3, -0.25) is 9.59 Å². The quantitative estimate of drug-likeness (QED) is 0.169. The summed E-state index contributed by atoms with van der Waals surface area (Å²) in [5.41, 5.74) is 5.68. The van der Waals surface area contributed by atoms with E-state index < -0.39 is 0 Å². The molecule has 0 spiro atoms. The number of amides is 2. The molecule has 0 fully saturated rings. The van der Waals surface area contributed by atoms with Gasteiger partial charge in [0.1, 0.15) is 11.5 Å². The van der Waals surface area contributed by atoms with Gasteiger partial charge in [0.2, 0.25) is 0 Å². The number of anilines is 2. The van der Waals surface area contributed by atoms with Gasteiger partial charge in [0.15, 0.2) is 0 Å². The lowest BCUT2D eigenvalue weighted by Crippen LogP contribution is -2.31.